The van der Waals surface area contributed by atoms with Crippen molar-refractivity contribution in [1.82, 2.24) is 4.90 Å². The molecule has 1 atom stereocenters. The molecule has 4 aliphatic rings. The lowest BCUT2D eigenvalue weighted by molar-refractivity contribution is -0.151. The minimum atomic E-state index is -0.152. The van der Waals surface area contributed by atoms with Crippen LogP contribution in [0.1, 0.15) is 47.6 Å². The predicted molar refractivity (Wildman–Crippen MR) is 105 cm³/mol. The van der Waals surface area contributed by atoms with Crippen LogP contribution < -0.4 is 0 Å². The summed E-state index contributed by atoms with van der Waals surface area (Å²) in [7, 11) is 0. The van der Waals surface area contributed by atoms with E-state index in [0.29, 0.717) is 12.3 Å². The lowest BCUT2D eigenvalue weighted by Crippen LogP contribution is -2.38. The summed E-state index contributed by atoms with van der Waals surface area (Å²) >= 11 is 0. The van der Waals surface area contributed by atoms with Crippen LogP contribution >= 0.6 is 0 Å². The molecule has 1 aromatic rings. The van der Waals surface area contributed by atoms with Crippen LogP contribution in [-0.4, -0.2) is 62.6 Å². The highest BCUT2D eigenvalue weighted by Gasteiger charge is 2.32. The van der Waals surface area contributed by atoms with Crippen molar-refractivity contribution in [3.63, 3.8) is 0 Å². The van der Waals surface area contributed by atoms with Gasteiger partial charge in [-0.3, -0.25) is 14.7 Å². The molecule has 28 heavy (non-hydrogen) atoms. The molecule has 2 saturated heterocycles. The number of rotatable bonds is 4. The van der Waals surface area contributed by atoms with Crippen LogP contribution in [0.2, 0.25) is 0 Å². The molecule has 6 nitrogen and oxygen atoms in total. The lowest BCUT2D eigenvalue weighted by Gasteiger charge is -2.31. The Labute approximate surface area is 165 Å². The smallest absolute Gasteiger partial charge is 0.310 e. The van der Waals surface area contributed by atoms with Crippen molar-refractivity contribution in [3.8, 4) is 0 Å². The van der Waals surface area contributed by atoms with Gasteiger partial charge in [0.25, 0.3) is 0 Å². The van der Waals surface area contributed by atoms with Crippen molar-refractivity contribution < 1.29 is 19.0 Å². The molecule has 4 aliphatic heterocycles. The first-order chi connectivity index (χ1) is 13.8. The highest BCUT2D eigenvalue weighted by molar-refractivity contribution is 6.05. The molecule has 0 bridgehead atoms. The topological polar surface area (TPSA) is 60.4 Å². The summed E-state index contributed by atoms with van der Waals surface area (Å²) in [6, 6.07) is 4.49. The molecule has 0 amide bonds. The van der Waals surface area contributed by atoms with Crippen LogP contribution in [0.5, 0.6) is 0 Å². The molecular weight excluding hydrogens is 356 g/mol. The monoisotopic (exact) mass is 384 g/mol. The number of hydrogen-bond acceptors (Lipinski definition) is 6. The summed E-state index contributed by atoms with van der Waals surface area (Å²) in [6.07, 6.45) is 3.15. The number of hydrogen-bond donors (Lipinski definition) is 0. The molecule has 0 radical (unpaired) electrons. The highest BCUT2D eigenvalue weighted by atomic mass is 16.5. The summed E-state index contributed by atoms with van der Waals surface area (Å²) in [5.74, 6) is 0.383. The Morgan fingerprint density at radius 2 is 1.82 bits per heavy atom. The number of nitrogens with zero attached hydrogens (tertiary/aromatic N) is 2. The predicted octanol–water partition coefficient (Wildman–Crippen LogP) is 2.28. The minimum absolute atomic E-state index is 0.108. The second kappa shape index (κ2) is 7.93. The van der Waals surface area contributed by atoms with Crippen molar-refractivity contribution in [1.29, 1.82) is 0 Å². The van der Waals surface area contributed by atoms with Crippen LogP contribution in [0.15, 0.2) is 17.1 Å². The second-order valence-electron chi connectivity index (χ2n) is 8.19. The maximum Gasteiger partial charge on any atom is 0.310 e. The molecule has 2 fully saturated rings. The van der Waals surface area contributed by atoms with Gasteiger partial charge in [0, 0.05) is 56.5 Å². The molecule has 0 N–H and O–H groups in total. The van der Waals surface area contributed by atoms with Gasteiger partial charge in [0.1, 0.15) is 6.10 Å². The summed E-state index contributed by atoms with van der Waals surface area (Å²) < 4.78 is 16.8. The zero-order chi connectivity index (χ0) is 18.9. The molecule has 0 saturated carbocycles. The van der Waals surface area contributed by atoms with Gasteiger partial charge in [-0.15, -0.1) is 0 Å². The Morgan fingerprint density at radius 1 is 1.04 bits per heavy atom. The number of carbonyl (C=O) groups is 1. The van der Waals surface area contributed by atoms with Crippen molar-refractivity contribution in [2.45, 2.75) is 38.3 Å². The van der Waals surface area contributed by atoms with Crippen molar-refractivity contribution >= 4 is 11.7 Å². The molecule has 0 aliphatic carbocycles. The second-order valence-corrected chi connectivity index (χ2v) is 8.19. The SMILES string of the molecule is O=C1Cc2cc3c(cc2C(CCN2CCOCC2)O1)C(C1CCOCC1)=NC3. The standard InChI is InChI=1S/C22H28N2O4/c25-21-12-16-11-17-14-23-22(15-2-7-26-8-3-15)19(17)13-18(16)20(28-21)1-4-24-5-9-27-10-6-24/h11,13,15,20H,1-10,12,14H2. The number of fused-ring (bicyclic) bond motifs is 2. The third-order valence-electron chi connectivity index (χ3n) is 6.44. The van der Waals surface area contributed by atoms with Crippen molar-refractivity contribution in [2.75, 3.05) is 46.1 Å². The van der Waals surface area contributed by atoms with E-state index in [-0.39, 0.29) is 12.1 Å². The Balaban J connectivity index is 1.38. The van der Waals surface area contributed by atoms with Crippen LogP contribution in [0.4, 0.5) is 0 Å². The van der Waals surface area contributed by atoms with E-state index in [9.17, 15) is 4.79 Å². The van der Waals surface area contributed by atoms with Gasteiger partial charge in [-0.1, -0.05) is 6.07 Å². The van der Waals surface area contributed by atoms with Crippen LogP contribution in [0, 0.1) is 5.92 Å². The summed E-state index contributed by atoms with van der Waals surface area (Å²) in [5.41, 5.74) is 6.10. The number of morpholine rings is 1. The van der Waals surface area contributed by atoms with E-state index in [0.717, 1.165) is 77.4 Å². The molecule has 0 spiro atoms. The van der Waals surface area contributed by atoms with Gasteiger partial charge in [-0.2, -0.15) is 0 Å². The highest BCUT2D eigenvalue weighted by Crippen LogP contribution is 2.36. The Morgan fingerprint density at radius 3 is 2.64 bits per heavy atom. The fraction of sp³-hybridized carbons (Fsp3) is 0.636. The maximum absolute atomic E-state index is 12.2. The number of aliphatic imine (C=N–C) groups is 1. The van der Waals surface area contributed by atoms with Crippen molar-refractivity contribution in [2.24, 2.45) is 10.9 Å². The maximum atomic E-state index is 12.2. The van der Waals surface area contributed by atoms with E-state index < -0.39 is 0 Å². The summed E-state index contributed by atoms with van der Waals surface area (Å²) in [4.78, 5) is 19.5. The molecule has 1 unspecified atom stereocenters. The van der Waals surface area contributed by atoms with Crippen LogP contribution in [-0.2, 0) is 32.0 Å². The Bertz CT molecular complexity index is 779. The van der Waals surface area contributed by atoms with E-state index in [2.05, 4.69) is 17.0 Å². The van der Waals surface area contributed by atoms with E-state index in [1.165, 1.54) is 22.4 Å². The normalized spacial score (nSPS) is 25.8. The van der Waals surface area contributed by atoms with Gasteiger partial charge in [0.2, 0.25) is 0 Å². The third kappa shape index (κ3) is 3.61. The van der Waals surface area contributed by atoms with E-state index in [1.54, 1.807) is 0 Å². The molecule has 0 aromatic heterocycles. The third-order valence-corrected chi connectivity index (χ3v) is 6.44. The Hall–Kier alpha value is -1.76. The van der Waals surface area contributed by atoms with Gasteiger partial charge < -0.3 is 14.2 Å². The number of benzene rings is 1. The van der Waals surface area contributed by atoms with Gasteiger partial charge in [-0.25, -0.2) is 0 Å². The molecule has 4 heterocycles. The first-order valence-corrected chi connectivity index (χ1v) is 10.6. The van der Waals surface area contributed by atoms with Gasteiger partial charge >= 0.3 is 5.97 Å². The van der Waals surface area contributed by atoms with Crippen LogP contribution in [0.3, 0.4) is 0 Å². The molecule has 5 rings (SSSR count). The molecule has 150 valence electrons. The summed E-state index contributed by atoms with van der Waals surface area (Å²) in [6.45, 7) is 6.81. The molecule has 1 aromatic carbocycles. The molecular formula is C22H28N2O4. The average Bonchev–Trinajstić information content (AvgIpc) is 3.14. The first kappa shape index (κ1) is 18.3. The first-order valence-electron chi connectivity index (χ1n) is 10.6. The van der Waals surface area contributed by atoms with Gasteiger partial charge in [0.05, 0.1) is 26.2 Å². The van der Waals surface area contributed by atoms with Gasteiger partial charge in [0.15, 0.2) is 0 Å². The number of ether oxygens (including phenoxy) is 3. The van der Waals surface area contributed by atoms with Gasteiger partial charge in [-0.05, 0) is 35.6 Å². The van der Waals surface area contributed by atoms with E-state index in [1.807, 2.05) is 0 Å². The Kier molecular flexibility index (Phi) is 5.18. The number of carbonyl (C=O) groups excluding carboxylic acids is 1. The largest absolute Gasteiger partial charge is 0.457 e. The zero-order valence-corrected chi connectivity index (χ0v) is 16.3. The quantitative estimate of drug-likeness (QED) is 0.746. The zero-order valence-electron chi connectivity index (χ0n) is 16.3. The summed E-state index contributed by atoms with van der Waals surface area (Å²) in [5, 5.41) is 0. The minimum Gasteiger partial charge on any atom is -0.457 e. The van der Waals surface area contributed by atoms with Crippen LogP contribution in [0.25, 0.3) is 0 Å². The number of esters is 1. The van der Waals surface area contributed by atoms with Crippen molar-refractivity contribution in [3.05, 3.63) is 34.4 Å². The lowest BCUT2D eigenvalue weighted by atomic mass is 9.85. The fourth-order valence-corrected chi connectivity index (χ4v) is 4.87. The van der Waals surface area contributed by atoms with E-state index in [4.69, 9.17) is 19.2 Å². The fourth-order valence-electron chi connectivity index (χ4n) is 4.87. The average molecular weight is 384 g/mol. The molecule has 6 heteroatoms. The van der Waals surface area contributed by atoms with E-state index >= 15 is 0 Å². The number of cyclic esters (lactones) is 1.